The van der Waals surface area contributed by atoms with Gasteiger partial charge in [-0.25, -0.2) is 4.79 Å². The first-order valence-corrected chi connectivity index (χ1v) is 16.5. The topological polar surface area (TPSA) is 325 Å². The number of carboxylic acids is 1. The van der Waals surface area contributed by atoms with Crippen molar-refractivity contribution in [2.45, 2.75) is 95.7 Å². The zero-order chi connectivity index (χ0) is 38.8. The van der Waals surface area contributed by atoms with Gasteiger partial charge in [0.25, 0.3) is 0 Å². The SMILES string of the molecule is CC(C)[C@H](NC(=O)[C@@H](NC(=O)[C@H](Cc1ccc(O)cc1)NC(=O)CNC(=O)[C@H](CO)NC(=O)[C@H](C)NC(=O)[C@@H](N)CCCCN)[C@@H](C)O)C(=O)O. The molecule has 0 bridgehead atoms. The molecule has 19 nitrogen and oxygen atoms in total. The van der Waals surface area contributed by atoms with Gasteiger partial charge in [0.15, 0.2) is 0 Å². The summed E-state index contributed by atoms with van der Waals surface area (Å²) < 4.78 is 0. The van der Waals surface area contributed by atoms with Crippen molar-refractivity contribution in [1.29, 1.82) is 0 Å². The van der Waals surface area contributed by atoms with Crippen LogP contribution in [0.5, 0.6) is 5.75 Å². The number of aliphatic hydroxyl groups is 2. The number of hydrogen-bond acceptors (Lipinski definition) is 12. The summed E-state index contributed by atoms with van der Waals surface area (Å²) in [5, 5.41) is 53.0. The molecule has 19 heteroatoms. The van der Waals surface area contributed by atoms with Gasteiger partial charge in [0.2, 0.25) is 35.4 Å². The molecule has 1 rings (SSSR count). The number of hydrogen-bond donors (Lipinski definition) is 12. The van der Waals surface area contributed by atoms with Gasteiger partial charge in [0.1, 0.15) is 36.0 Å². The van der Waals surface area contributed by atoms with E-state index in [-0.39, 0.29) is 12.2 Å². The second-order valence-electron chi connectivity index (χ2n) is 12.4. The van der Waals surface area contributed by atoms with Crippen LogP contribution in [0.4, 0.5) is 0 Å². The molecule has 0 saturated carbocycles. The molecule has 1 aromatic carbocycles. The highest BCUT2D eigenvalue weighted by atomic mass is 16.4. The molecule has 0 fully saturated rings. The molecular formula is C32H52N8O11. The van der Waals surface area contributed by atoms with Gasteiger partial charge >= 0.3 is 5.97 Å². The van der Waals surface area contributed by atoms with Crippen LogP contribution in [0.15, 0.2) is 24.3 Å². The van der Waals surface area contributed by atoms with Crippen LogP contribution in [0.25, 0.3) is 0 Å². The van der Waals surface area contributed by atoms with Crippen molar-refractivity contribution in [2.24, 2.45) is 17.4 Å². The van der Waals surface area contributed by atoms with Crippen molar-refractivity contribution >= 4 is 41.4 Å². The minimum atomic E-state index is -1.62. The van der Waals surface area contributed by atoms with Crippen LogP contribution < -0.4 is 43.4 Å². The number of benzene rings is 1. The third-order valence-corrected chi connectivity index (χ3v) is 7.62. The van der Waals surface area contributed by atoms with Crippen LogP contribution in [0.2, 0.25) is 0 Å². The average Bonchev–Trinajstić information content (AvgIpc) is 3.07. The van der Waals surface area contributed by atoms with Crippen LogP contribution in [0.1, 0.15) is 52.5 Å². The number of nitrogens with two attached hydrogens (primary N) is 2. The third kappa shape index (κ3) is 15.7. The minimum Gasteiger partial charge on any atom is -0.508 e. The lowest BCUT2D eigenvalue weighted by molar-refractivity contribution is -0.144. The zero-order valence-corrected chi connectivity index (χ0v) is 29.2. The molecule has 0 saturated heterocycles. The fourth-order valence-electron chi connectivity index (χ4n) is 4.55. The van der Waals surface area contributed by atoms with Crippen molar-refractivity contribution < 1.29 is 54.0 Å². The van der Waals surface area contributed by atoms with Gasteiger partial charge in [-0.1, -0.05) is 32.4 Å². The molecule has 0 radical (unpaired) electrons. The van der Waals surface area contributed by atoms with Crippen molar-refractivity contribution in [1.82, 2.24) is 31.9 Å². The smallest absolute Gasteiger partial charge is 0.326 e. The Kier molecular flexibility index (Phi) is 19.1. The molecule has 0 spiro atoms. The Hall–Kier alpha value is -4.85. The highest BCUT2D eigenvalue weighted by molar-refractivity contribution is 5.96. The maximum Gasteiger partial charge on any atom is 0.326 e. The molecule has 0 aliphatic heterocycles. The normalized spacial score (nSPS) is 15.2. The first-order chi connectivity index (χ1) is 23.9. The summed E-state index contributed by atoms with van der Waals surface area (Å²) >= 11 is 0. The van der Waals surface area contributed by atoms with Gasteiger partial charge < -0.3 is 63.8 Å². The number of carboxylic acid groups (broad SMARTS) is 1. The maximum absolute atomic E-state index is 13.4. The van der Waals surface area contributed by atoms with E-state index in [2.05, 4.69) is 31.9 Å². The lowest BCUT2D eigenvalue weighted by Crippen LogP contribution is -2.60. The second-order valence-corrected chi connectivity index (χ2v) is 12.4. The van der Waals surface area contributed by atoms with Crippen LogP contribution in [0, 0.1) is 5.92 Å². The van der Waals surface area contributed by atoms with Crippen molar-refractivity contribution in [3.05, 3.63) is 29.8 Å². The van der Waals surface area contributed by atoms with Crippen molar-refractivity contribution in [2.75, 3.05) is 19.7 Å². The lowest BCUT2D eigenvalue weighted by atomic mass is 10.0. The largest absolute Gasteiger partial charge is 0.508 e. The summed E-state index contributed by atoms with van der Waals surface area (Å²) in [7, 11) is 0. The minimum absolute atomic E-state index is 0.0697. The number of carbonyl (C=O) groups is 7. The van der Waals surface area contributed by atoms with Gasteiger partial charge in [0, 0.05) is 6.42 Å². The quantitative estimate of drug-likeness (QED) is 0.0509. The molecular weight excluding hydrogens is 672 g/mol. The second kappa shape index (κ2) is 22.1. The third-order valence-electron chi connectivity index (χ3n) is 7.62. The molecule has 0 aliphatic rings. The van der Waals surface area contributed by atoms with Crippen molar-refractivity contribution in [3.8, 4) is 5.75 Å². The predicted molar refractivity (Wildman–Crippen MR) is 182 cm³/mol. The number of nitrogens with one attached hydrogen (secondary N) is 6. The number of carbonyl (C=O) groups excluding carboxylic acids is 6. The van der Waals surface area contributed by atoms with E-state index in [0.29, 0.717) is 31.4 Å². The summed E-state index contributed by atoms with van der Waals surface area (Å²) in [5.74, 6) is -7.15. The number of aliphatic carboxylic acids is 1. The molecule has 51 heavy (non-hydrogen) atoms. The van der Waals surface area contributed by atoms with Crippen LogP contribution >= 0.6 is 0 Å². The Labute approximate surface area is 295 Å². The molecule has 1 aromatic rings. The monoisotopic (exact) mass is 724 g/mol. The summed E-state index contributed by atoms with van der Waals surface area (Å²) in [5.41, 5.74) is 11.7. The summed E-state index contributed by atoms with van der Waals surface area (Å²) in [6, 6.07) is -2.28. The van der Waals surface area contributed by atoms with E-state index in [1.807, 2.05) is 0 Å². The Bertz CT molecular complexity index is 1340. The molecule has 0 aromatic heterocycles. The van der Waals surface area contributed by atoms with E-state index in [0.717, 1.165) is 0 Å². The molecule has 6 amide bonds. The Morgan fingerprint density at radius 2 is 1.35 bits per heavy atom. The maximum atomic E-state index is 13.4. The molecule has 0 aliphatic carbocycles. The number of aromatic hydroxyl groups is 1. The molecule has 7 atom stereocenters. The van der Waals surface area contributed by atoms with E-state index >= 15 is 0 Å². The van der Waals surface area contributed by atoms with Gasteiger partial charge in [0.05, 0.1) is 25.3 Å². The number of phenols is 1. The first-order valence-electron chi connectivity index (χ1n) is 16.5. The number of phenolic OH excluding ortho intramolecular Hbond substituents is 1. The molecule has 14 N–H and O–H groups in total. The zero-order valence-electron chi connectivity index (χ0n) is 29.2. The molecule has 286 valence electrons. The highest BCUT2D eigenvalue weighted by Crippen LogP contribution is 2.12. The van der Waals surface area contributed by atoms with E-state index in [9.17, 15) is 54.0 Å². The van der Waals surface area contributed by atoms with E-state index in [1.54, 1.807) is 13.8 Å². The standard InChI is InChI=1S/C32H52N8O11/c1-16(2)25(32(50)51)39-31(49)26(18(4)42)40-30(48)22(13-19-8-10-20(43)11-9-19)37-24(44)14-35-29(47)23(15-41)38-27(45)17(3)36-28(46)21(34)7-5-6-12-33/h8-11,16-18,21-23,25-26,41-43H,5-7,12-15,33-34H2,1-4H3,(H,35,47)(H,36,46)(H,37,44)(H,38,45)(H,39,49)(H,40,48)(H,50,51)/t17-,18+,21-,22-,23-,25-,26-/m0/s1. The number of amides is 6. The molecule has 0 heterocycles. The first kappa shape index (κ1) is 44.2. The Morgan fingerprint density at radius 3 is 1.88 bits per heavy atom. The fraction of sp³-hybridized carbons (Fsp3) is 0.594. The van der Waals surface area contributed by atoms with Crippen molar-refractivity contribution in [3.63, 3.8) is 0 Å². The number of rotatable bonds is 22. The number of unbranched alkanes of at least 4 members (excludes halogenated alkanes) is 1. The predicted octanol–water partition coefficient (Wildman–Crippen LogP) is -3.94. The summed E-state index contributed by atoms with van der Waals surface area (Å²) in [4.78, 5) is 88.4. The highest BCUT2D eigenvalue weighted by Gasteiger charge is 2.33. The van der Waals surface area contributed by atoms with Crippen LogP contribution in [-0.2, 0) is 40.0 Å². The van der Waals surface area contributed by atoms with Gasteiger partial charge in [-0.3, -0.25) is 28.8 Å². The van der Waals surface area contributed by atoms with Gasteiger partial charge in [-0.15, -0.1) is 0 Å². The fourth-order valence-corrected chi connectivity index (χ4v) is 4.55. The van der Waals surface area contributed by atoms with E-state index in [1.165, 1.54) is 38.1 Å². The Morgan fingerprint density at radius 1 is 0.745 bits per heavy atom. The Balaban J connectivity index is 2.96. The summed E-state index contributed by atoms with van der Waals surface area (Å²) in [6.07, 6.45) is -0.0352. The molecule has 0 unspecified atom stereocenters. The summed E-state index contributed by atoms with van der Waals surface area (Å²) in [6.45, 7) is 4.49. The lowest BCUT2D eigenvalue weighted by Gasteiger charge is -2.27. The van der Waals surface area contributed by atoms with E-state index in [4.69, 9.17) is 11.5 Å². The van der Waals surface area contributed by atoms with Gasteiger partial charge in [-0.2, -0.15) is 0 Å². The average molecular weight is 725 g/mol. The number of aliphatic hydroxyl groups excluding tert-OH is 2. The van der Waals surface area contributed by atoms with Gasteiger partial charge in [-0.05, 0) is 56.8 Å². The van der Waals surface area contributed by atoms with Crippen LogP contribution in [-0.4, -0.2) is 124 Å². The van der Waals surface area contributed by atoms with E-state index < -0.39 is 103 Å². The van der Waals surface area contributed by atoms with Crippen LogP contribution in [0.3, 0.4) is 0 Å².